The minimum absolute atomic E-state index is 0.428. The summed E-state index contributed by atoms with van der Waals surface area (Å²) >= 11 is 0. The molecule has 2 aliphatic rings. The first-order valence-electron chi connectivity index (χ1n) is 11.9. The average molecular weight is 499 g/mol. The summed E-state index contributed by atoms with van der Waals surface area (Å²) in [5.74, 6) is 1.49. The molecule has 35 heavy (non-hydrogen) atoms. The van der Waals surface area contributed by atoms with Crippen LogP contribution in [0.5, 0.6) is 11.5 Å². The maximum Gasteiger partial charge on any atom is 0.597 e. The molecule has 0 saturated heterocycles. The van der Waals surface area contributed by atoms with Crippen LogP contribution in [0, 0.1) is 0 Å². The maximum atomic E-state index is 7.14. The lowest BCUT2D eigenvalue weighted by Gasteiger charge is -2.42. The molecule has 176 valence electrons. The minimum Gasteiger partial charge on any atom is -0.497 e. The highest BCUT2D eigenvalue weighted by Crippen LogP contribution is 2.41. The first-order chi connectivity index (χ1) is 17.2. The van der Waals surface area contributed by atoms with Crippen molar-refractivity contribution in [1.82, 2.24) is 0 Å². The molecule has 0 amide bonds. The van der Waals surface area contributed by atoms with E-state index in [1.807, 2.05) is 86.6 Å². The summed E-state index contributed by atoms with van der Waals surface area (Å²) in [7, 11) is -7.06. The zero-order valence-corrected chi connectivity index (χ0v) is 21.7. The van der Waals surface area contributed by atoms with Crippen LogP contribution in [0.1, 0.15) is 13.8 Å². The zero-order chi connectivity index (χ0) is 23.9. The van der Waals surface area contributed by atoms with Crippen molar-refractivity contribution in [3.8, 4) is 33.8 Å². The van der Waals surface area contributed by atoms with Gasteiger partial charge in [0.15, 0.2) is 0 Å². The third kappa shape index (κ3) is 3.55. The molecular weight excluding hydrogens is 472 g/mol. The second-order valence-electron chi connectivity index (χ2n) is 8.37. The fraction of sp³-hybridized carbons (Fsp3) is 0.143. The molecule has 6 rings (SSSR count). The summed E-state index contributed by atoms with van der Waals surface area (Å²) in [5, 5.41) is 1.85. The summed E-state index contributed by atoms with van der Waals surface area (Å²) in [4.78, 5) is 0. The molecule has 7 heteroatoms. The van der Waals surface area contributed by atoms with Gasteiger partial charge in [0.25, 0.3) is 0 Å². The van der Waals surface area contributed by atoms with Gasteiger partial charge in [0, 0.05) is 34.7 Å². The van der Waals surface area contributed by atoms with Gasteiger partial charge in [-0.05, 0) is 37.1 Å². The Labute approximate surface area is 207 Å². The van der Waals surface area contributed by atoms with Gasteiger partial charge in [-0.2, -0.15) is 0 Å². The van der Waals surface area contributed by atoms with Crippen molar-refractivity contribution in [1.29, 1.82) is 0 Å². The predicted octanol–water partition coefficient (Wildman–Crippen LogP) is 4.89. The first kappa shape index (κ1) is 22.3. The molecule has 2 unspecified atom stereocenters. The van der Waals surface area contributed by atoms with Crippen LogP contribution in [0.25, 0.3) is 22.3 Å². The smallest absolute Gasteiger partial charge is 0.497 e. The third-order valence-electron chi connectivity index (χ3n) is 6.29. The molecule has 4 aromatic rings. The standard InChI is InChI=1S/C28H26O5Si2/c1-3-29-34(27-19-11-7-15-23(27)21-13-5-9-17-25(21)31-34)33-35(30-4-2)28-20-12-8-16-24(28)22-14-6-10-18-26(22)32-35/h5-20H,3-4H2,1-2H3. The van der Waals surface area contributed by atoms with Crippen molar-refractivity contribution < 1.29 is 21.8 Å². The zero-order valence-electron chi connectivity index (χ0n) is 19.7. The fourth-order valence-corrected chi connectivity index (χ4v) is 12.0. The summed E-state index contributed by atoms with van der Waals surface area (Å²) in [6, 6.07) is 32.4. The second kappa shape index (κ2) is 8.78. The summed E-state index contributed by atoms with van der Waals surface area (Å²) in [6.45, 7) is 4.78. The average Bonchev–Trinajstić information content (AvgIpc) is 2.89. The lowest BCUT2D eigenvalue weighted by molar-refractivity contribution is 0.122. The van der Waals surface area contributed by atoms with Crippen molar-refractivity contribution in [2.24, 2.45) is 0 Å². The molecule has 0 N–H and O–H groups in total. The van der Waals surface area contributed by atoms with Gasteiger partial charge in [0.1, 0.15) is 11.5 Å². The van der Waals surface area contributed by atoms with Crippen molar-refractivity contribution in [2.75, 3.05) is 13.2 Å². The highest BCUT2D eigenvalue weighted by molar-refractivity contribution is 6.90. The van der Waals surface area contributed by atoms with E-state index in [0.29, 0.717) is 13.2 Å². The van der Waals surface area contributed by atoms with Crippen LogP contribution in [-0.4, -0.2) is 30.8 Å². The van der Waals surface area contributed by atoms with Crippen molar-refractivity contribution in [3.63, 3.8) is 0 Å². The third-order valence-corrected chi connectivity index (χ3v) is 13.0. The van der Waals surface area contributed by atoms with Crippen LogP contribution in [0.4, 0.5) is 0 Å². The van der Waals surface area contributed by atoms with Crippen molar-refractivity contribution in [2.45, 2.75) is 13.8 Å². The monoisotopic (exact) mass is 498 g/mol. The number of para-hydroxylation sites is 2. The van der Waals surface area contributed by atoms with Crippen molar-refractivity contribution >= 4 is 28.0 Å². The van der Waals surface area contributed by atoms with E-state index in [-0.39, 0.29) is 0 Å². The Morgan fingerprint density at radius 1 is 0.514 bits per heavy atom. The van der Waals surface area contributed by atoms with Gasteiger partial charge < -0.3 is 21.8 Å². The number of benzene rings is 4. The molecule has 0 aliphatic carbocycles. The maximum absolute atomic E-state index is 7.14. The molecule has 2 heterocycles. The minimum atomic E-state index is -3.53. The van der Waals surface area contributed by atoms with E-state index < -0.39 is 17.6 Å². The molecule has 0 saturated carbocycles. The van der Waals surface area contributed by atoms with Crippen LogP contribution in [-0.2, 0) is 13.0 Å². The Morgan fingerprint density at radius 3 is 1.31 bits per heavy atom. The van der Waals surface area contributed by atoms with E-state index in [1.165, 1.54) is 0 Å². The Kier molecular flexibility index (Phi) is 5.59. The van der Waals surface area contributed by atoms with E-state index in [0.717, 1.165) is 44.1 Å². The van der Waals surface area contributed by atoms with Crippen LogP contribution in [0.2, 0.25) is 0 Å². The molecule has 0 bridgehead atoms. The summed E-state index contributed by atoms with van der Waals surface area (Å²) in [5.41, 5.74) is 4.16. The van der Waals surface area contributed by atoms with Crippen LogP contribution in [0.3, 0.4) is 0 Å². The van der Waals surface area contributed by atoms with E-state index in [9.17, 15) is 0 Å². The van der Waals surface area contributed by atoms with Crippen LogP contribution in [0.15, 0.2) is 97.1 Å². The van der Waals surface area contributed by atoms with Crippen LogP contribution < -0.4 is 19.2 Å². The van der Waals surface area contributed by atoms with Crippen molar-refractivity contribution in [3.05, 3.63) is 97.1 Å². The predicted molar refractivity (Wildman–Crippen MR) is 140 cm³/mol. The fourth-order valence-electron chi connectivity index (χ4n) is 4.91. The summed E-state index contributed by atoms with van der Waals surface area (Å²) in [6.07, 6.45) is 0. The largest absolute Gasteiger partial charge is 0.597 e. The number of fused-ring (bicyclic) bond motifs is 6. The number of hydrogen-bond donors (Lipinski definition) is 0. The highest BCUT2D eigenvalue weighted by Gasteiger charge is 2.63. The molecule has 4 aromatic carbocycles. The Bertz CT molecular complexity index is 1290. The molecule has 0 spiro atoms. The molecule has 2 atom stereocenters. The van der Waals surface area contributed by atoms with Gasteiger partial charge in [-0.1, -0.05) is 84.9 Å². The highest BCUT2D eigenvalue weighted by atomic mass is 28.5. The normalized spacial score (nSPS) is 21.5. The van der Waals surface area contributed by atoms with E-state index in [4.69, 9.17) is 21.8 Å². The lowest BCUT2D eigenvalue weighted by Crippen LogP contribution is -2.73. The van der Waals surface area contributed by atoms with E-state index >= 15 is 0 Å². The van der Waals surface area contributed by atoms with E-state index in [1.54, 1.807) is 0 Å². The summed E-state index contributed by atoms with van der Waals surface area (Å²) < 4.78 is 33.6. The molecule has 0 fully saturated rings. The molecule has 2 aliphatic heterocycles. The SMILES string of the molecule is CCO[Si]1(O[Si]2(OCC)Oc3ccccc3-c3ccccc32)Oc2ccccc2-c2ccccc21. The van der Waals surface area contributed by atoms with Gasteiger partial charge in [0.05, 0.1) is 0 Å². The Balaban J connectivity index is 1.56. The van der Waals surface area contributed by atoms with Gasteiger partial charge >= 0.3 is 17.6 Å². The van der Waals surface area contributed by atoms with E-state index in [2.05, 4.69) is 24.3 Å². The molecule has 0 radical (unpaired) electrons. The number of rotatable bonds is 6. The van der Waals surface area contributed by atoms with Gasteiger partial charge in [-0.25, -0.2) is 0 Å². The Morgan fingerprint density at radius 2 is 0.886 bits per heavy atom. The van der Waals surface area contributed by atoms with Gasteiger partial charge in [-0.15, -0.1) is 0 Å². The molecular formula is C28H26O5Si2. The second-order valence-corrected chi connectivity index (χ2v) is 13.5. The van der Waals surface area contributed by atoms with Crippen LogP contribution >= 0.6 is 0 Å². The lowest BCUT2D eigenvalue weighted by atomic mass is 10.0. The molecule has 0 aromatic heterocycles. The topological polar surface area (TPSA) is 46.2 Å². The quantitative estimate of drug-likeness (QED) is 0.354. The Hall–Kier alpha value is -3.21. The van der Waals surface area contributed by atoms with Gasteiger partial charge in [-0.3, -0.25) is 0 Å². The molecule has 5 nitrogen and oxygen atoms in total. The van der Waals surface area contributed by atoms with Gasteiger partial charge in [0.2, 0.25) is 0 Å². The number of hydrogen-bond acceptors (Lipinski definition) is 5. The first-order valence-corrected chi connectivity index (χ1v) is 15.4.